The Morgan fingerprint density at radius 2 is 1.65 bits per heavy atom. The fourth-order valence-electron chi connectivity index (χ4n) is 12.5. The Hall–Kier alpha value is -2.16. The lowest BCUT2D eigenvalue weighted by Gasteiger charge is -2.70. The molecule has 6 aliphatic rings. The summed E-state index contributed by atoms with van der Waals surface area (Å²) >= 11 is 0. The van der Waals surface area contributed by atoms with Gasteiger partial charge >= 0.3 is 11.9 Å². The zero-order valence-electron chi connectivity index (χ0n) is 27.3. The van der Waals surface area contributed by atoms with Crippen LogP contribution >= 0.6 is 0 Å². The second-order valence-electron chi connectivity index (χ2n) is 14.5. The number of fused-ring (bicyclic) bond motifs is 2. The van der Waals surface area contributed by atoms with Gasteiger partial charge in [-0.2, -0.15) is 0 Å². The molecule has 0 unspecified atom stereocenters. The van der Waals surface area contributed by atoms with Crippen molar-refractivity contribution in [1.29, 1.82) is 0 Å². The zero-order valence-corrected chi connectivity index (χ0v) is 27.3. The van der Waals surface area contributed by atoms with Gasteiger partial charge in [0.15, 0.2) is 5.60 Å². The van der Waals surface area contributed by atoms with E-state index in [1.54, 1.807) is 51.7 Å². The molecule has 1 aliphatic heterocycles. The number of hydrogen-bond donors (Lipinski definition) is 3. The first-order chi connectivity index (χ1) is 22.0. The summed E-state index contributed by atoms with van der Waals surface area (Å²) in [5, 5.41) is 37.2. The summed E-state index contributed by atoms with van der Waals surface area (Å²) in [4.78, 5) is 29.3. The molecule has 254 valence electrons. The van der Waals surface area contributed by atoms with E-state index in [1.165, 1.54) is 14.0 Å². The number of esters is 2. The molecule has 12 heteroatoms. The summed E-state index contributed by atoms with van der Waals surface area (Å²) in [6.45, 7) is 4.91. The number of likely N-dealkylation sites (tertiary alicyclic amines) is 1. The van der Waals surface area contributed by atoms with Crippen LogP contribution in [0.25, 0.3) is 0 Å². The highest BCUT2D eigenvalue weighted by atomic mass is 16.6. The molecular formula is C34H47NO11. The minimum absolute atomic E-state index is 0.0480. The standard InChI is InChI=1S/C34H47NO11/c1-7-35-15-31(16-41-3)14-20(37)27(43-5)33-19-13-32(40)28(45-30(39)18-11-9-8-10-12-18)21(19)34(46-17(2)36,26(38)29(32)44-6)22(25(33)35)23(42-4)24(31)33/h8-12,19-29,37-38,40H,7,13-16H2,1-6H3/t19-,20+,21-,22+,23-,24-,25-,26+,27+,28-,29+,31+,32-,33+,34+/m1/s1. The predicted octanol–water partition coefficient (Wildman–Crippen LogP) is 0.648. The van der Waals surface area contributed by atoms with Crippen LogP contribution in [0.5, 0.6) is 0 Å². The van der Waals surface area contributed by atoms with Gasteiger partial charge in [0.2, 0.25) is 0 Å². The van der Waals surface area contributed by atoms with E-state index in [4.69, 9.17) is 28.4 Å². The molecule has 0 radical (unpaired) electrons. The third kappa shape index (κ3) is 3.67. The van der Waals surface area contributed by atoms with Gasteiger partial charge in [-0.15, -0.1) is 0 Å². The molecule has 15 atom stereocenters. The van der Waals surface area contributed by atoms with Gasteiger partial charge in [0, 0.05) is 76.5 Å². The van der Waals surface area contributed by atoms with Crippen molar-refractivity contribution in [2.75, 3.05) is 48.1 Å². The Kier molecular flexibility index (Phi) is 7.69. The summed E-state index contributed by atoms with van der Waals surface area (Å²) < 4.78 is 37.4. The van der Waals surface area contributed by atoms with Crippen molar-refractivity contribution in [3.63, 3.8) is 0 Å². The Morgan fingerprint density at radius 1 is 0.957 bits per heavy atom. The van der Waals surface area contributed by atoms with Gasteiger partial charge < -0.3 is 43.7 Å². The van der Waals surface area contributed by atoms with E-state index in [0.717, 1.165) is 0 Å². The SMILES string of the molecule is CCN1C[C@]2(COC)C[C@H](O)[C@H](OC)[C@@]34[C@@H]5C[C@@]6(O)[C@H](OC(=O)c7ccccc7)[C@@H]5[C@](OC(C)=O)([C@@H]([C@@H](OC)[C@H]23)[C@@H]14)[C@@H](O)[C@@H]6OC. The van der Waals surface area contributed by atoms with Crippen molar-refractivity contribution < 1.29 is 53.3 Å². The first-order valence-electron chi connectivity index (χ1n) is 16.3. The van der Waals surface area contributed by atoms with Crippen LogP contribution in [0, 0.1) is 34.5 Å². The van der Waals surface area contributed by atoms with Crippen LogP contribution in [-0.2, 0) is 33.2 Å². The van der Waals surface area contributed by atoms with E-state index in [0.29, 0.717) is 31.7 Å². The minimum atomic E-state index is -1.85. The van der Waals surface area contributed by atoms with Crippen molar-refractivity contribution in [2.45, 2.75) is 80.6 Å². The van der Waals surface area contributed by atoms with Crippen molar-refractivity contribution in [1.82, 2.24) is 4.90 Å². The van der Waals surface area contributed by atoms with E-state index in [1.807, 2.05) is 0 Å². The molecule has 1 saturated heterocycles. The molecule has 0 aromatic heterocycles. The van der Waals surface area contributed by atoms with Crippen LogP contribution < -0.4 is 0 Å². The summed E-state index contributed by atoms with van der Waals surface area (Å²) in [6.07, 6.45) is -5.70. The van der Waals surface area contributed by atoms with E-state index < -0.39 is 94.4 Å². The van der Waals surface area contributed by atoms with Crippen LogP contribution in [0.15, 0.2) is 30.3 Å². The van der Waals surface area contributed by atoms with Gasteiger partial charge in [-0.25, -0.2) is 4.79 Å². The van der Waals surface area contributed by atoms with Gasteiger partial charge in [-0.3, -0.25) is 9.69 Å². The largest absolute Gasteiger partial charge is 0.455 e. The topological polar surface area (TPSA) is 153 Å². The van der Waals surface area contributed by atoms with Crippen molar-refractivity contribution in [3.8, 4) is 0 Å². The maximum absolute atomic E-state index is 13.8. The van der Waals surface area contributed by atoms with E-state index in [-0.39, 0.29) is 12.3 Å². The molecule has 0 amide bonds. The number of nitrogens with zero attached hydrogens (tertiary/aromatic N) is 1. The molecule has 5 saturated carbocycles. The Morgan fingerprint density at radius 3 is 2.24 bits per heavy atom. The molecule has 3 N–H and O–H groups in total. The monoisotopic (exact) mass is 645 g/mol. The molecule has 7 rings (SSSR count). The number of aliphatic hydroxyl groups excluding tert-OH is 2. The first-order valence-corrected chi connectivity index (χ1v) is 16.3. The molecule has 5 aliphatic carbocycles. The molecule has 7 bridgehead atoms. The van der Waals surface area contributed by atoms with E-state index in [9.17, 15) is 24.9 Å². The predicted molar refractivity (Wildman–Crippen MR) is 160 cm³/mol. The van der Waals surface area contributed by atoms with Gasteiger partial charge in [0.1, 0.15) is 23.9 Å². The first kappa shape index (κ1) is 32.4. The van der Waals surface area contributed by atoms with Gasteiger partial charge in [0.05, 0.1) is 30.5 Å². The number of hydrogen-bond acceptors (Lipinski definition) is 12. The number of carbonyl (C=O) groups is 2. The number of rotatable bonds is 9. The van der Waals surface area contributed by atoms with Crippen LogP contribution in [0.4, 0.5) is 0 Å². The van der Waals surface area contributed by atoms with Crippen LogP contribution in [-0.4, -0.2) is 134 Å². The minimum Gasteiger partial charge on any atom is -0.455 e. The molecule has 1 spiro atoms. The maximum Gasteiger partial charge on any atom is 0.338 e. The van der Waals surface area contributed by atoms with Gasteiger partial charge in [-0.1, -0.05) is 25.1 Å². The Balaban J connectivity index is 1.53. The molecular weight excluding hydrogens is 598 g/mol. The number of piperidine rings is 1. The van der Waals surface area contributed by atoms with Crippen molar-refractivity contribution in [2.24, 2.45) is 34.5 Å². The quantitative estimate of drug-likeness (QED) is 0.323. The highest BCUT2D eigenvalue weighted by molar-refractivity contribution is 5.89. The van der Waals surface area contributed by atoms with Crippen LogP contribution in [0.3, 0.4) is 0 Å². The molecule has 12 nitrogen and oxygen atoms in total. The average molecular weight is 646 g/mol. The summed E-state index contributed by atoms with van der Waals surface area (Å²) in [6, 6.07) is 8.11. The summed E-state index contributed by atoms with van der Waals surface area (Å²) in [7, 11) is 6.26. The van der Waals surface area contributed by atoms with E-state index in [2.05, 4.69) is 11.8 Å². The molecule has 6 fully saturated rings. The lowest BCUT2D eigenvalue weighted by atomic mass is 9.42. The van der Waals surface area contributed by atoms with Crippen LogP contribution in [0.1, 0.15) is 37.0 Å². The normalized spacial score (nSPS) is 49.9. The lowest BCUT2D eigenvalue weighted by molar-refractivity contribution is -0.323. The van der Waals surface area contributed by atoms with Gasteiger partial charge in [-0.05, 0) is 37.4 Å². The second kappa shape index (κ2) is 10.9. The number of aliphatic hydroxyl groups is 3. The summed E-state index contributed by atoms with van der Waals surface area (Å²) in [5.74, 6) is -3.65. The molecule has 46 heavy (non-hydrogen) atoms. The van der Waals surface area contributed by atoms with Crippen molar-refractivity contribution in [3.05, 3.63) is 35.9 Å². The van der Waals surface area contributed by atoms with E-state index >= 15 is 0 Å². The highest BCUT2D eigenvalue weighted by Gasteiger charge is 2.92. The van der Waals surface area contributed by atoms with Crippen LogP contribution in [0.2, 0.25) is 0 Å². The number of methoxy groups -OCH3 is 4. The van der Waals surface area contributed by atoms with Crippen molar-refractivity contribution >= 4 is 11.9 Å². The smallest absolute Gasteiger partial charge is 0.338 e. The highest BCUT2D eigenvalue weighted by Crippen LogP contribution is 2.80. The third-order valence-corrected chi connectivity index (χ3v) is 13.0. The lowest BCUT2D eigenvalue weighted by Crippen LogP contribution is -2.81. The third-order valence-electron chi connectivity index (χ3n) is 13.0. The molecule has 1 aromatic carbocycles. The Labute approximate surface area is 269 Å². The second-order valence-corrected chi connectivity index (χ2v) is 14.5. The number of ether oxygens (including phenoxy) is 6. The average Bonchev–Trinajstić information content (AvgIpc) is 3.40. The Bertz CT molecular complexity index is 1360. The molecule has 1 heterocycles. The summed E-state index contributed by atoms with van der Waals surface area (Å²) in [5.41, 5.74) is -4.71. The maximum atomic E-state index is 13.8. The number of carbonyl (C=O) groups excluding carboxylic acids is 2. The zero-order chi connectivity index (χ0) is 33.0. The van der Waals surface area contributed by atoms with Gasteiger partial charge in [0.25, 0.3) is 0 Å². The molecule has 1 aromatic rings. The number of benzene rings is 1. The fraction of sp³-hybridized carbons (Fsp3) is 0.765. The fourth-order valence-corrected chi connectivity index (χ4v) is 12.5.